The molecule has 3 rings (SSSR count). The smallest absolute Gasteiger partial charge is 0.185 e. The van der Waals surface area contributed by atoms with Gasteiger partial charge in [0.15, 0.2) is 11.6 Å². The van der Waals surface area contributed by atoms with Crippen LogP contribution in [0.25, 0.3) is 11.4 Å². The second kappa shape index (κ2) is 4.45. The Bertz CT molecular complexity index is 687. The van der Waals surface area contributed by atoms with Crippen molar-refractivity contribution in [3.8, 4) is 11.4 Å². The van der Waals surface area contributed by atoms with Crippen LogP contribution in [0.1, 0.15) is 36.5 Å². The number of hydrogen-bond acceptors (Lipinski definition) is 3. The summed E-state index contributed by atoms with van der Waals surface area (Å²) in [6, 6.07) is 7.49. The third-order valence-electron chi connectivity index (χ3n) is 3.58. The van der Waals surface area contributed by atoms with Crippen molar-refractivity contribution in [2.75, 3.05) is 0 Å². The standard InChI is InChI=1S/C15H15BrN2O2/c1-15(2)7-11-13(12(19)8-15)18(20)14(17-11)9-3-5-10(16)6-4-9/h3-6,20H,7-8H2,1-2H3. The summed E-state index contributed by atoms with van der Waals surface area (Å²) in [6.45, 7) is 4.09. The maximum Gasteiger partial charge on any atom is 0.185 e. The average molecular weight is 335 g/mol. The zero-order valence-corrected chi connectivity index (χ0v) is 12.9. The quantitative estimate of drug-likeness (QED) is 0.809. The summed E-state index contributed by atoms with van der Waals surface area (Å²) < 4.78 is 1.90. The lowest BCUT2D eigenvalue weighted by molar-refractivity contribution is 0.0858. The molecule has 1 N–H and O–H groups in total. The Morgan fingerprint density at radius 1 is 1.25 bits per heavy atom. The van der Waals surface area contributed by atoms with Crippen LogP contribution in [0.3, 0.4) is 0 Å². The number of ketones is 1. The predicted octanol–water partition coefficient (Wildman–Crippen LogP) is 3.71. The third-order valence-corrected chi connectivity index (χ3v) is 4.11. The fourth-order valence-electron chi connectivity index (χ4n) is 2.68. The van der Waals surface area contributed by atoms with Gasteiger partial charge >= 0.3 is 0 Å². The number of fused-ring (bicyclic) bond motifs is 1. The minimum Gasteiger partial charge on any atom is -0.426 e. The fraction of sp³-hybridized carbons (Fsp3) is 0.333. The Morgan fingerprint density at radius 3 is 2.55 bits per heavy atom. The number of nitrogens with zero attached hydrogens (tertiary/aromatic N) is 2. The van der Waals surface area contributed by atoms with Gasteiger partial charge in [-0.25, -0.2) is 4.98 Å². The molecule has 0 atom stereocenters. The summed E-state index contributed by atoms with van der Waals surface area (Å²) in [5.41, 5.74) is 1.71. The van der Waals surface area contributed by atoms with Crippen molar-refractivity contribution >= 4 is 21.7 Å². The van der Waals surface area contributed by atoms with Crippen LogP contribution in [-0.4, -0.2) is 20.7 Å². The van der Waals surface area contributed by atoms with Gasteiger partial charge in [0.1, 0.15) is 5.69 Å². The monoisotopic (exact) mass is 334 g/mol. The topological polar surface area (TPSA) is 55.1 Å². The highest BCUT2D eigenvalue weighted by atomic mass is 79.9. The van der Waals surface area contributed by atoms with Crippen molar-refractivity contribution in [2.45, 2.75) is 26.7 Å². The zero-order chi connectivity index (χ0) is 14.5. The van der Waals surface area contributed by atoms with Gasteiger partial charge in [0.2, 0.25) is 0 Å². The van der Waals surface area contributed by atoms with E-state index in [1.165, 1.54) is 0 Å². The van der Waals surface area contributed by atoms with Crippen LogP contribution < -0.4 is 0 Å². The first kappa shape index (κ1) is 13.4. The molecule has 0 amide bonds. The van der Waals surface area contributed by atoms with Gasteiger partial charge in [-0.3, -0.25) is 4.79 Å². The Kier molecular flexibility index (Phi) is 2.97. The SMILES string of the molecule is CC1(C)CC(=O)c2c(nc(-c3ccc(Br)cc3)n2O)C1. The van der Waals surface area contributed by atoms with Crippen molar-refractivity contribution in [3.05, 3.63) is 40.1 Å². The molecule has 20 heavy (non-hydrogen) atoms. The highest BCUT2D eigenvalue weighted by molar-refractivity contribution is 9.10. The van der Waals surface area contributed by atoms with E-state index in [-0.39, 0.29) is 11.2 Å². The first-order valence-electron chi connectivity index (χ1n) is 6.47. The van der Waals surface area contributed by atoms with E-state index < -0.39 is 0 Å². The van der Waals surface area contributed by atoms with Crippen LogP contribution in [0, 0.1) is 5.41 Å². The van der Waals surface area contributed by atoms with Gasteiger partial charge in [0.25, 0.3) is 0 Å². The van der Waals surface area contributed by atoms with Crippen molar-refractivity contribution < 1.29 is 10.0 Å². The molecule has 1 aliphatic carbocycles. The van der Waals surface area contributed by atoms with Gasteiger partial charge in [-0.15, -0.1) is 0 Å². The molecule has 0 radical (unpaired) electrons. The van der Waals surface area contributed by atoms with Gasteiger partial charge in [-0.05, 0) is 24.0 Å². The number of rotatable bonds is 1. The Morgan fingerprint density at radius 2 is 1.90 bits per heavy atom. The highest BCUT2D eigenvalue weighted by Gasteiger charge is 2.36. The number of imidazole rings is 1. The molecule has 4 nitrogen and oxygen atoms in total. The lowest BCUT2D eigenvalue weighted by atomic mass is 9.77. The number of carbonyl (C=O) groups is 1. The molecule has 0 saturated carbocycles. The van der Waals surface area contributed by atoms with E-state index in [1.807, 2.05) is 38.1 Å². The molecule has 1 aliphatic rings. The van der Waals surface area contributed by atoms with Gasteiger partial charge in [0, 0.05) is 16.5 Å². The molecule has 2 aromatic rings. The van der Waals surface area contributed by atoms with Crippen molar-refractivity contribution in [1.82, 2.24) is 9.71 Å². The summed E-state index contributed by atoms with van der Waals surface area (Å²) in [5, 5.41) is 10.3. The molecule has 1 aromatic carbocycles. The second-order valence-electron chi connectivity index (χ2n) is 5.99. The first-order chi connectivity index (χ1) is 9.37. The molecular weight excluding hydrogens is 320 g/mol. The molecule has 5 heteroatoms. The fourth-order valence-corrected chi connectivity index (χ4v) is 2.94. The molecule has 0 unspecified atom stereocenters. The van der Waals surface area contributed by atoms with E-state index >= 15 is 0 Å². The van der Waals surface area contributed by atoms with Crippen molar-refractivity contribution in [2.24, 2.45) is 5.41 Å². The molecular formula is C15H15BrN2O2. The van der Waals surface area contributed by atoms with Gasteiger partial charge in [-0.1, -0.05) is 41.9 Å². The molecule has 1 aromatic heterocycles. The van der Waals surface area contributed by atoms with Crippen LogP contribution in [0.5, 0.6) is 0 Å². The van der Waals surface area contributed by atoms with Crippen LogP contribution in [-0.2, 0) is 6.42 Å². The van der Waals surface area contributed by atoms with E-state index in [0.717, 1.165) is 14.8 Å². The van der Waals surface area contributed by atoms with Crippen LogP contribution >= 0.6 is 15.9 Å². The Hall–Kier alpha value is -1.62. The zero-order valence-electron chi connectivity index (χ0n) is 11.4. The van der Waals surface area contributed by atoms with Gasteiger partial charge in [-0.2, -0.15) is 4.73 Å². The van der Waals surface area contributed by atoms with E-state index in [2.05, 4.69) is 20.9 Å². The Balaban J connectivity index is 2.12. The largest absolute Gasteiger partial charge is 0.426 e. The molecule has 0 bridgehead atoms. The number of halogens is 1. The van der Waals surface area contributed by atoms with Crippen molar-refractivity contribution in [1.29, 1.82) is 0 Å². The number of aromatic nitrogens is 2. The summed E-state index contributed by atoms with van der Waals surface area (Å²) in [6.07, 6.45) is 1.14. The highest BCUT2D eigenvalue weighted by Crippen LogP contribution is 2.36. The van der Waals surface area contributed by atoms with Gasteiger partial charge < -0.3 is 5.21 Å². The summed E-state index contributed by atoms with van der Waals surface area (Å²) in [5.74, 6) is 0.378. The normalized spacial score (nSPS) is 17.1. The van der Waals surface area contributed by atoms with E-state index in [4.69, 9.17) is 0 Å². The molecule has 104 valence electrons. The number of carbonyl (C=O) groups excluding carboxylic acids is 1. The maximum absolute atomic E-state index is 12.2. The lowest BCUT2D eigenvalue weighted by Gasteiger charge is -2.27. The number of hydrogen-bond donors (Lipinski definition) is 1. The molecule has 1 heterocycles. The van der Waals surface area contributed by atoms with E-state index in [0.29, 0.717) is 30.1 Å². The van der Waals surface area contributed by atoms with Gasteiger partial charge in [0.05, 0.1) is 5.69 Å². The predicted molar refractivity (Wildman–Crippen MR) is 79.0 cm³/mol. The van der Waals surface area contributed by atoms with E-state index in [1.54, 1.807) is 0 Å². The number of Topliss-reactive ketones (excluding diaryl/α,β-unsaturated/α-hetero) is 1. The summed E-state index contributed by atoms with van der Waals surface area (Å²) in [4.78, 5) is 16.7. The summed E-state index contributed by atoms with van der Waals surface area (Å²) in [7, 11) is 0. The lowest BCUT2D eigenvalue weighted by Crippen LogP contribution is -2.28. The van der Waals surface area contributed by atoms with Crippen molar-refractivity contribution in [3.63, 3.8) is 0 Å². The maximum atomic E-state index is 12.2. The second-order valence-corrected chi connectivity index (χ2v) is 6.91. The summed E-state index contributed by atoms with van der Waals surface area (Å²) >= 11 is 3.37. The van der Waals surface area contributed by atoms with Crippen LogP contribution in [0.15, 0.2) is 28.7 Å². The minimum absolute atomic E-state index is 0.0467. The van der Waals surface area contributed by atoms with Crippen LogP contribution in [0.4, 0.5) is 0 Å². The first-order valence-corrected chi connectivity index (χ1v) is 7.27. The molecule has 0 saturated heterocycles. The average Bonchev–Trinajstić information content (AvgIpc) is 2.66. The third kappa shape index (κ3) is 2.16. The minimum atomic E-state index is -0.102. The molecule has 0 aliphatic heterocycles. The molecule has 0 fully saturated rings. The molecule has 0 spiro atoms. The van der Waals surface area contributed by atoms with Crippen LogP contribution in [0.2, 0.25) is 0 Å². The Labute approximate surface area is 125 Å². The van der Waals surface area contributed by atoms with E-state index in [9.17, 15) is 10.0 Å². The number of benzene rings is 1.